The summed E-state index contributed by atoms with van der Waals surface area (Å²) in [5.74, 6) is 1.87. The van der Waals surface area contributed by atoms with Gasteiger partial charge in [0.15, 0.2) is 0 Å². The molecule has 0 aromatic rings. The van der Waals surface area contributed by atoms with Gasteiger partial charge in [-0.25, -0.2) is 0 Å². The van der Waals surface area contributed by atoms with Crippen molar-refractivity contribution in [1.82, 2.24) is 10.2 Å². The fourth-order valence-electron chi connectivity index (χ4n) is 2.83. The van der Waals surface area contributed by atoms with Gasteiger partial charge in [0.05, 0.1) is 0 Å². The molecule has 1 aliphatic heterocycles. The number of nitrogens with zero attached hydrogens (tertiary/aromatic N) is 1. The average molecular weight is 196 g/mol. The Hall–Kier alpha value is -0.0800. The van der Waals surface area contributed by atoms with Crippen molar-refractivity contribution in [2.24, 2.45) is 11.8 Å². The Kier molecular flexibility index (Phi) is 3.13. The summed E-state index contributed by atoms with van der Waals surface area (Å²) in [6, 6.07) is 1.59. The second kappa shape index (κ2) is 4.19. The minimum atomic E-state index is 0.788. The molecule has 2 nitrogen and oxygen atoms in total. The van der Waals surface area contributed by atoms with E-state index in [0.717, 1.165) is 23.9 Å². The number of hydrogen-bond donors (Lipinski definition) is 1. The van der Waals surface area contributed by atoms with Crippen molar-refractivity contribution >= 4 is 0 Å². The third-order valence-electron chi connectivity index (χ3n) is 4.30. The topological polar surface area (TPSA) is 15.3 Å². The van der Waals surface area contributed by atoms with Crippen LogP contribution in [0.3, 0.4) is 0 Å². The highest BCUT2D eigenvalue weighted by molar-refractivity contribution is 4.92. The van der Waals surface area contributed by atoms with Gasteiger partial charge in [0, 0.05) is 18.6 Å². The van der Waals surface area contributed by atoms with Crippen molar-refractivity contribution < 1.29 is 0 Å². The molecule has 2 rings (SSSR count). The van der Waals surface area contributed by atoms with Gasteiger partial charge in [0.2, 0.25) is 0 Å². The molecule has 0 aromatic heterocycles. The maximum absolute atomic E-state index is 3.53. The summed E-state index contributed by atoms with van der Waals surface area (Å²) < 4.78 is 0. The molecule has 0 amide bonds. The number of rotatable bonds is 4. The summed E-state index contributed by atoms with van der Waals surface area (Å²) in [6.07, 6.45) is 4.24. The molecular weight excluding hydrogens is 172 g/mol. The highest BCUT2D eigenvalue weighted by atomic mass is 15.2. The van der Waals surface area contributed by atoms with E-state index < -0.39 is 0 Å². The van der Waals surface area contributed by atoms with Gasteiger partial charge in [-0.3, -0.25) is 4.90 Å². The fourth-order valence-corrected chi connectivity index (χ4v) is 2.83. The van der Waals surface area contributed by atoms with Crippen LogP contribution in [-0.2, 0) is 0 Å². The van der Waals surface area contributed by atoms with E-state index in [1.165, 1.54) is 32.4 Å². The van der Waals surface area contributed by atoms with Gasteiger partial charge in [0.25, 0.3) is 0 Å². The van der Waals surface area contributed by atoms with Crippen molar-refractivity contribution in [3.63, 3.8) is 0 Å². The molecule has 0 aromatic carbocycles. The third-order valence-corrected chi connectivity index (χ3v) is 4.30. The predicted molar refractivity (Wildman–Crippen MR) is 60.4 cm³/mol. The fraction of sp³-hybridized carbons (Fsp3) is 1.00. The van der Waals surface area contributed by atoms with Crippen LogP contribution in [0.25, 0.3) is 0 Å². The highest BCUT2D eigenvalue weighted by Gasteiger charge is 2.36. The second-order valence-electron chi connectivity index (χ2n) is 5.14. The predicted octanol–water partition coefficient (Wildman–Crippen LogP) is 1.71. The molecule has 0 bridgehead atoms. The third kappa shape index (κ3) is 1.96. The van der Waals surface area contributed by atoms with E-state index >= 15 is 0 Å². The minimum absolute atomic E-state index is 0.788. The number of hydrogen-bond acceptors (Lipinski definition) is 2. The Morgan fingerprint density at radius 1 is 1.36 bits per heavy atom. The summed E-state index contributed by atoms with van der Waals surface area (Å²) in [6.45, 7) is 7.15. The molecule has 0 radical (unpaired) electrons. The molecule has 1 N–H and O–H groups in total. The van der Waals surface area contributed by atoms with E-state index in [4.69, 9.17) is 0 Å². The minimum Gasteiger partial charge on any atom is -0.315 e. The molecule has 14 heavy (non-hydrogen) atoms. The standard InChI is InChI=1S/C12H24N2/c1-4-10-7-13-8-12(10)14(3)9(2)11-5-6-11/h9-13H,4-8H2,1-3H3. The molecule has 2 fully saturated rings. The molecule has 1 heterocycles. The Balaban J connectivity index is 1.91. The summed E-state index contributed by atoms with van der Waals surface area (Å²) in [7, 11) is 2.32. The largest absolute Gasteiger partial charge is 0.315 e. The Morgan fingerprint density at radius 3 is 2.64 bits per heavy atom. The SMILES string of the molecule is CCC1CNCC1N(C)C(C)C1CC1. The van der Waals surface area contributed by atoms with Crippen molar-refractivity contribution in [2.75, 3.05) is 20.1 Å². The lowest BCUT2D eigenvalue weighted by atomic mass is 9.98. The van der Waals surface area contributed by atoms with Crippen molar-refractivity contribution in [1.29, 1.82) is 0 Å². The van der Waals surface area contributed by atoms with Gasteiger partial charge >= 0.3 is 0 Å². The molecule has 3 unspecified atom stereocenters. The molecule has 1 saturated carbocycles. The van der Waals surface area contributed by atoms with E-state index in [9.17, 15) is 0 Å². The zero-order valence-electron chi connectivity index (χ0n) is 9.79. The van der Waals surface area contributed by atoms with Gasteiger partial charge in [0.1, 0.15) is 0 Å². The van der Waals surface area contributed by atoms with E-state index in [1.807, 2.05) is 0 Å². The van der Waals surface area contributed by atoms with Crippen molar-refractivity contribution in [3.05, 3.63) is 0 Å². The van der Waals surface area contributed by atoms with Crippen LogP contribution in [0, 0.1) is 11.8 Å². The maximum atomic E-state index is 3.53. The van der Waals surface area contributed by atoms with Gasteiger partial charge in [-0.1, -0.05) is 13.3 Å². The number of likely N-dealkylation sites (N-methyl/N-ethyl adjacent to an activating group) is 1. The first-order chi connectivity index (χ1) is 6.74. The Morgan fingerprint density at radius 2 is 2.07 bits per heavy atom. The first-order valence-electron chi connectivity index (χ1n) is 6.16. The van der Waals surface area contributed by atoms with Crippen LogP contribution >= 0.6 is 0 Å². The maximum Gasteiger partial charge on any atom is 0.0260 e. The van der Waals surface area contributed by atoms with Crippen LogP contribution in [0.1, 0.15) is 33.1 Å². The van der Waals surface area contributed by atoms with Crippen LogP contribution in [0.2, 0.25) is 0 Å². The average Bonchev–Trinajstić information content (AvgIpc) is 2.94. The zero-order chi connectivity index (χ0) is 10.1. The lowest BCUT2D eigenvalue weighted by Gasteiger charge is -2.33. The van der Waals surface area contributed by atoms with Gasteiger partial charge < -0.3 is 5.32 Å². The molecule has 1 saturated heterocycles. The molecule has 1 aliphatic carbocycles. The first kappa shape index (κ1) is 10.4. The Labute approximate surface area is 88.1 Å². The summed E-state index contributed by atoms with van der Waals surface area (Å²) in [5, 5.41) is 3.53. The monoisotopic (exact) mass is 196 g/mol. The van der Waals surface area contributed by atoms with Crippen LogP contribution in [0.4, 0.5) is 0 Å². The summed E-state index contributed by atoms with van der Waals surface area (Å²) >= 11 is 0. The van der Waals surface area contributed by atoms with Gasteiger partial charge in [-0.15, -0.1) is 0 Å². The van der Waals surface area contributed by atoms with Crippen LogP contribution < -0.4 is 5.32 Å². The highest BCUT2D eigenvalue weighted by Crippen LogP contribution is 2.36. The quantitative estimate of drug-likeness (QED) is 0.736. The lowest BCUT2D eigenvalue weighted by molar-refractivity contribution is 0.144. The molecule has 2 heteroatoms. The van der Waals surface area contributed by atoms with E-state index in [1.54, 1.807) is 0 Å². The van der Waals surface area contributed by atoms with E-state index in [0.29, 0.717) is 0 Å². The molecular formula is C12H24N2. The summed E-state index contributed by atoms with van der Waals surface area (Å²) in [4.78, 5) is 2.63. The van der Waals surface area contributed by atoms with E-state index in [-0.39, 0.29) is 0 Å². The molecule has 82 valence electrons. The molecule has 0 spiro atoms. The molecule has 2 aliphatic rings. The van der Waals surface area contributed by atoms with Crippen molar-refractivity contribution in [2.45, 2.75) is 45.2 Å². The zero-order valence-corrected chi connectivity index (χ0v) is 9.79. The lowest BCUT2D eigenvalue weighted by Crippen LogP contribution is -2.44. The molecule has 3 atom stereocenters. The van der Waals surface area contributed by atoms with Gasteiger partial charge in [-0.05, 0) is 45.2 Å². The second-order valence-corrected chi connectivity index (χ2v) is 5.14. The normalized spacial score (nSPS) is 35.1. The smallest absolute Gasteiger partial charge is 0.0260 e. The number of nitrogens with one attached hydrogen (secondary N) is 1. The summed E-state index contributed by atoms with van der Waals surface area (Å²) in [5.41, 5.74) is 0. The van der Waals surface area contributed by atoms with Crippen LogP contribution in [0.5, 0.6) is 0 Å². The van der Waals surface area contributed by atoms with Crippen LogP contribution in [0.15, 0.2) is 0 Å². The Bertz CT molecular complexity index is 189. The first-order valence-corrected chi connectivity index (χ1v) is 6.16. The van der Waals surface area contributed by atoms with Crippen LogP contribution in [-0.4, -0.2) is 37.1 Å². The van der Waals surface area contributed by atoms with Crippen molar-refractivity contribution in [3.8, 4) is 0 Å². The van der Waals surface area contributed by atoms with Gasteiger partial charge in [-0.2, -0.15) is 0 Å². The van der Waals surface area contributed by atoms with E-state index in [2.05, 4.69) is 31.1 Å².